The lowest BCUT2D eigenvalue weighted by molar-refractivity contribution is -0.123. The normalized spacial score (nSPS) is 23.3. The molecule has 2 rings (SSSR count). The van der Waals surface area contributed by atoms with Gasteiger partial charge in [-0.1, -0.05) is 32.1 Å². The minimum Gasteiger partial charge on any atom is -0.355 e. The maximum absolute atomic E-state index is 12.0. The Kier molecular flexibility index (Phi) is 3.88. The predicted molar refractivity (Wildman–Crippen MR) is 75.6 cm³/mol. The van der Waals surface area contributed by atoms with E-state index in [4.69, 9.17) is 5.73 Å². The summed E-state index contributed by atoms with van der Waals surface area (Å²) >= 11 is 1.73. The largest absolute Gasteiger partial charge is 0.355 e. The Bertz CT molecular complexity index is 437. The van der Waals surface area contributed by atoms with E-state index in [1.165, 1.54) is 4.88 Å². The van der Waals surface area contributed by atoms with E-state index < -0.39 is 0 Å². The zero-order chi connectivity index (χ0) is 13.2. The van der Waals surface area contributed by atoms with Crippen LogP contribution in [-0.4, -0.2) is 18.5 Å². The Morgan fingerprint density at radius 1 is 1.56 bits per heavy atom. The van der Waals surface area contributed by atoms with Crippen molar-refractivity contribution >= 4 is 17.2 Å². The third-order valence-electron chi connectivity index (χ3n) is 3.35. The third kappa shape index (κ3) is 3.00. The number of nitrogens with two attached hydrogens (primary N) is 1. The molecule has 1 aromatic rings. The van der Waals surface area contributed by atoms with Gasteiger partial charge in [0.15, 0.2) is 0 Å². The molecule has 0 fully saturated rings. The van der Waals surface area contributed by atoms with Crippen LogP contribution in [0, 0.1) is 5.92 Å². The van der Waals surface area contributed by atoms with Crippen molar-refractivity contribution in [2.45, 2.75) is 31.7 Å². The summed E-state index contributed by atoms with van der Waals surface area (Å²) in [5.74, 6) is 0.0305. The summed E-state index contributed by atoms with van der Waals surface area (Å²) in [6.07, 6.45) is 4.55. The smallest absolute Gasteiger partial charge is 0.227 e. The van der Waals surface area contributed by atoms with Gasteiger partial charge in [0.2, 0.25) is 5.91 Å². The number of nitrogens with one attached hydrogen (secondary N) is 1. The van der Waals surface area contributed by atoms with Crippen LogP contribution in [0.15, 0.2) is 29.7 Å². The average Bonchev–Trinajstić information content (AvgIpc) is 2.96. The van der Waals surface area contributed by atoms with Gasteiger partial charge in [-0.3, -0.25) is 4.79 Å². The molecule has 0 saturated carbocycles. The fraction of sp³-hybridized carbons (Fsp3) is 0.500. The van der Waals surface area contributed by atoms with E-state index in [0.717, 1.165) is 6.42 Å². The van der Waals surface area contributed by atoms with Crippen LogP contribution in [0.25, 0.3) is 0 Å². The van der Waals surface area contributed by atoms with Crippen molar-refractivity contribution in [3.8, 4) is 0 Å². The molecule has 98 valence electrons. The maximum atomic E-state index is 12.0. The zero-order valence-corrected chi connectivity index (χ0v) is 11.7. The van der Waals surface area contributed by atoms with E-state index in [1.54, 1.807) is 11.3 Å². The lowest BCUT2D eigenvalue weighted by Crippen LogP contribution is -2.39. The molecule has 0 saturated heterocycles. The minimum atomic E-state index is -0.0564. The highest BCUT2D eigenvalue weighted by molar-refractivity contribution is 7.10. The molecule has 0 spiro atoms. The van der Waals surface area contributed by atoms with Gasteiger partial charge in [-0.05, 0) is 17.9 Å². The van der Waals surface area contributed by atoms with Crippen LogP contribution in [0.2, 0.25) is 0 Å². The van der Waals surface area contributed by atoms with Crippen LogP contribution in [-0.2, 0) is 10.2 Å². The molecule has 1 amide bonds. The number of thiophene rings is 1. The first-order valence-electron chi connectivity index (χ1n) is 6.24. The van der Waals surface area contributed by atoms with Crippen LogP contribution < -0.4 is 11.1 Å². The first-order valence-corrected chi connectivity index (χ1v) is 7.12. The molecule has 18 heavy (non-hydrogen) atoms. The summed E-state index contributed by atoms with van der Waals surface area (Å²) in [7, 11) is 0. The SMILES string of the molecule is CC(C)(CNC(=O)C1C=CC(N)C1)c1cccs1. The fourth-order valence-corrected chi connectivity index (χ4v) is 2.96. The molecule has 0 aromatic carbocycles. The first-order chi connectivity index (χ1) is 8.49. The van der Waals surface area contributed by atoms with Crippen LogP contribution in [0.4, 0.5) is 0 Å². The van der Waals surface area contributed by atoms with Crippen LogP contribution in [0.1, 0.15) is 25.1 Å². The number of hydrogen-bond acceptors (Lipinski definition) is 3. The van der Waals surface area contributed by atoms with E-state index in [-0.39, 0.29) is 23.3 Å². The van der Waals surface area contributed by atoms with E-state index in [9.17, 15) is 4.79 Å². The molecule has 0 radical (unpaired) electrons. The average molecular weight is 264 g/mol. The molecule has 3 N–H and O–H groups in total. The van der Waals surface area contributed by atoms with Crippen LogP contribution in [0.5, 0.6) is 0 Å². The van der Waals surface area contributed by atoms with Gasteiger partial charge < -0.3 is 11.1 Å². The number of carbonyl (C=O) groups excluding carboxylic acids is 1. The van der Waals surface area contributed by atoms with Gasteiger partial charge in [0.1, 0.15) is 0 Å². The molecule has 1 heterocycles. The number of rotatable bonds is 4. The molecule has 2 atom stereocenters. The van der Waals surface area contributed by atoms with E-state index in [2.05, 4.69) is 30.6 Å². The number of carbonyl (C=O) groups is 1. The summed E-state index contributed by atoms with van der Waals surface area (Å²) < 4.78 is 0. The third-order valence-corrected chi connectivity index (χ3v) is 4.58. The van der Waals surface area contributed by atoms with Gasteiger partial charge >= 0.3 is 0 Å². The Hall–Kier alpha value is -1.13. The quantitative estimate of drug-likeness (QED) is 0.818. The molecule has 2 unspecified atom stereocenters. The number of amides is 1. The van der Waals surface area contributed by atoms with Gasteiger partial charge in [-0.25, -0.2) is 0 Å². The molecule has 4 heteroatoms. The van der Waals surface area contributed by atoms with Crippen molar-refractivity contribution in [2.75, 3.05) is 6.54 Å². The fourth-order valence-electron chi connectivity index (χ4n) is 2.11. The maximum Gasteiger partial charge on any atom is 0.227 e. The summed E-state index contributed by atoms with van der Waals surface area (Å²) in [6.45, 7) is 4.95. The molecule has 3 nitrogen and oxygen atoms in total. The Morgan fingerprint density at radius 2 is 2.33 bits per heavy atom. The predicted octanol–water partition coefficient (Wildman–Crippen LogP) is 2.05. The van der Waals surface area contributed by atoms with Gasteiger partial charge in [0.25, 0.3) is 0 Å². The number of hydrogen-bond donors (Lipinski definition) is 2. The van der Waals surface area contributed by atoms with E-state index in [1.807, 2.05) is 18.2 Å². The van der Waals surface area contributed by atoms with Crippen molar-refractivity contribution < 1.29 is 4.79 Å². The monoisotopic (exact) mass is 264 g/mol. The highest BCUT2D eigenvalue weighted by atomic mass is 32.1. The topological polar surface area (TPSA) is 55.1 Å². The highest BCUT2D eigenvalue weighted by Crippen LogP contribution is 2.27. The van der Waals surface area contributed by atoms with E-state index in [0.29, 0.717) is 6.54 Å². The van der Waals surface area contributed by atoms with Crippen LogP contribution >= 0.6 is 11.3 Å². The zero-order valence-electron chi connectivity index (χ0n) is 10.8. The molecule has 1 aromatic heterocycles. The van der Waals surface area contributed by atoms with Crippen molar-refractivity contribution in [3.63, 3.8) is 0 Å². The molecular formula is C14H20N2OS. The summed E-state index contributed by atoms with van der Waals surface area (Å²) in [5.41, 5.74) is 5.74. The van der Waals surface area contributed by atoms with Crippen molar-refractivity contribution in [3.05, 3.63) is 34.5 Å². The summed E-state index contributed by atoms with van der Waals surface area (Å²) in [5, 5.41) is 5.10. The standard InChI is InChI=1S/C14H20N2OS/c1-14(2,12-4-3-7-18-12)9-16-13(17)10-5-6-11(15)8-10/h3-7,10-11H,8-9,15H2,1-2H3,(H,16,17). The Balaban J connectivity index is 1.88. The summed E-state index contributed by atoms with van der Waals surface area (Å²) in [4.78, 5) is 13.3. The Morgan fingerprint density at radius 3 is 2.89 bits per heavy atom. The molecule has 0 bridgehead atoms. The van der Waals surface area contributed by atoms with Crippen molar-refractivity contribution in [2.24, 2.45) is 11.7 Å². The molecule has 1 aliphatic carbocycles. The second-order valence-corrected chi connectivity index (χ2v) is 6.42. The molecular weight excluding hydrogens is 244 g/mol. The lowest BCUT2D eigenvalue weighted by Gasteiger charge is -2.24. The van der Waals surface area contributed by atoms with Crippen molar-refractivity contribution in [1.82, 2.24) is 5.32 Å². The van der Waals surface area contributed by atoms with Gasteiger partial charge in [-0.15, -0.1) is 11.3 Å². The summed E-state index contributed by atoms with van der Waals surface area (Å²) in [6, 6.07) is 4.19. The second kappa shape index (κ2) is 5.24. The highest BCUT2D eigenvalue weighted by Gasteiger charge is 2.26. The molecule has 0 aliphatic heterocycles. The first kappa shape index (κ1) is 13.3. The Labute approximate surface area is 112 Å². The second-order valence-electron chi connectivity index (χ2n) is 5.47. The van der Waals surface area contributed by atoms with Crippen molar-refractivity contribution in [1.29, 1.82) is 0 Å². The van der Waals surface area contributed by atoms with Gasteiger partial charge in [0.05, 0.1) is 5.92 Å². The van der Waals surface area contributed by atoms with Gasteiger partial charge in [-0.2, -0.15) is 0 Å². The van der Waals surface area contributed by atoms with E-state index >= 15 is 0 Å². The van der Waals surface area contributed by atoms with Gasteiger partial charge in [0, 0.05) is 22.9 Å². The lowest BCUT2D eigenvalue weighted by atomic mass is 9.91. The van der Waals surface area contributed by atoms with Crippen LogP contribution in [0.3, 0.4) is 0 Å². The molecule has 1 aliphatic rings. The minimum absolute atomic E-state index is 0.0196.